The summed E-state index contributed by atoms with van der Waals surface area (Å²) in [6.45, 7) is 26.1. The zero-order valence-corrected chi connectivity index (χ0v) is 39.5. The Hall–Kier alpha value is -3.41. The van der Waals surface area contributed by atoms with E-state index in [1.807, 2.05) is 0 Å². The molecule has 2 aliphatic heterocycles. The molecule has 0 radical (unpaired) electrons. The molecule has 3 aliphatic rings. The maximum Gasteiger partial charge on any atom is 0.494 e. The summed E-state index contributed by atoms with van der Waals surface area (Å²) in [5, 5.41) is 0. The SMILES string of the molecule is C=C(CCCCCCC)Cc1ccc(C2(c3ccc(CCCCCCCC)cc3)c3cc(B4OC(C)(C)C(C)(C)O4)ccc3-c3ccc(B4OC(C)(C)C(C)(C)O4)cc32)cc1. The van der Waals surface area contributed by atoms with Gasteiger partial charge < -0.3 is 18.6 Å². The molecule has 4 nitrogen and oxygen atoms in total. The quantitative estimate of drug-likeness (QED) is 0.0472. The second-order valence-electron chi connectivity index (χ2n) is 20.5. The van der Waals surface area contributed by atoms with E-state index in [1.54, 1.807) is 0 Å². The lowest BCUT2D eigenvalue weighted by atomic mass is 9.65. The topological polar surface area (TPSA) is 36.9 Å². The first-order valence-electron chi connectivity index (χ1n) is 23.9. The minimum atomic E-state index is -0.628. The Labute approximate surface area is 370 Å². The van der Waals surface area contributed by atoms with E-state index in [9.17, 15) is 0 Å². The normalized spacial score (nSPS) is 19.0. The molecular formula is C55H74B2O4. The maximum absolute atomic E-state index is 6.71. The number of fused-ring (bicyclic) bond motifs is 3. The van der Waals surface area contributed by atoms with Gasteiger partial charge in [0.05, 0.1) is 27.8 Å². The van der Waals surface area contributed by atoms with Gasteiger partial charge in [0.15, 0.2) is 0 Å². The van der Waals surface area contributed by atoms with Crippen LogP contribution in [0, 0.1) is 0 Å². The van der Waals surface area contributed by atoms with Crippen LogP contribution in [0.3, 0.4) is 0 Å². The van der Waals surface area contributed by atoms with Gasteiger partial charge in [0.1, 0.15) is 0 Å². The molecule has 0 N–H and O–H groups in total. The first-order valence-corrected chi connectivity index (χ1v) is 23.9. The highest BCUT2D eigenvalue weighted by Crippen LogP contribution is 2.56. The number of hydrogen-bond acceptors (Lipinski definition) is 4. The second kappa shape index (κ2) is 18.4. The molecule has 0 atom stereocenters. The van der Waals surface area contributed by atoms with Crippen LogP contribution in [0.4, 0.5) is 0 Å². The fourth-order valence-corrected chi connectivity index (χ4v) is 9.66. The van der Waals surface area contributed by atoms with E-state index in [0.717, 1.165) is 30.2 Å². The monoisotopic (exact) mass is 821 g/mol. The summed E-state index contributed by atoms with van der Waals surface area (Å²) in [5.74, 6) is 0. The number of aryl methyl sites for hydroxylation is 1. The average Bonchev–Trinajstić information content (AvgIpc) is 3.73. The third-order valence-corrected chi connectivity index (χ3v) is 14.9. The molecule has 2 saturated heterocycles. The third-order valence-electron chi connectivity index (χ3n) is 14.9. The van der Waals surface area contributed by atoms with Crippen LogP contribution in [0.15, 0.2) is 97.1 Å². The highest BCUT2D eigenvalue weighted by Gasteiger charge is 2.55. The van der Waals surface area contributed by atoms with Gasteiger partial charge in [0.25, 0.3) is 0 Å². The summed E-state index contributed by atoms with van der Waals surface area (Å²) in [4.78, 5) is 0. The standard InChI is InChI=1S/C55H74B2O4/c1-12-14-16-18-20-22-24-41-25-29-43(30-26-41)55(44-31-27-42(28-32-44)37-40(3)23-21-19-17-15-13-2)49-38-45(56-58-51(4,5)52(6,7)59-56)33-35-47(49)48-36-34-46(39-50(48)55)57-60-53(8,9)54(10,11)61-57/h25-36,38-39H,3,12-24,37H2,1-2,4-11H3. The lowest BCUT2D eigenvalue weighted by Crippen LogP contribution is -2.41. The van der Waals surface area contributed by atoms with Crippen molar-refractivity contribution in [3.63, 3.8) is 0 Å². The zero-order chi connectivity index (χ0) is 43.6. The maximum atomic E-state index is 6.71. The largest absolute Gasteiger partial charge is 0.494 e. The molecule has 61 heavy (non-hydrogen) atoms. The van der Waals surface area contributed by atoms with Crippen molar-refractivity contribution in [2.45, 2.75) is 187 Å². The van der Waals surface area contributed by atoms with Crippen LogP contribution in [0.25, 0.3) is 11.1 Å². The molecule has 0 aromatic heterocycles. The average molecular weight is 821 g/mol. The van der Waals surface area contributed by atoms with Gasteiger partial charge in [-0.25, -0.2) is 0 Å². The second-order valence-corrected chi connectivity index (χ2v) is 20.5. The fourth-order valence-electron chi connectivity index (χ4n) is 9.66. The van der Waals surface area contributed by atoms with Crippen LogP contribution in [-0.2, 0) is 36.9 Å². The van der Waals surface area contributed by atoms with E-state index in [2.05, 4.69) is 161 Å². The summed E-state index contributed by atoms with van der Waals surface area (Å²) in [7, 11) is -0.959. The summed E-state index contributed by atoms with van der Waals surface area (Å²) in [6.07, 6.45) is 17.3. The Kier molecular flexibility index (Phi) is 13.7. The molecule has 7 rings (SSSR count). The Morgan fingerprint density at radius 3 is 1.31 bits per heavy atom. The molecule has 0 bridgehead atoms. The molecule has 324 valence electrons. The molecule has 0 saturated carbocycles. The molecule has 2 fully saturated rings. The lowest BCUT2D eigenvalue weighted by molar-refractivity contribution is 0.00578. The van der Waals surface area contributed by atoms with Gasteiger partial charge in [0.2, 0.25) is 0 Å². The van der Waals surface area contributed by atoms with Gasteiger partial charge in [-0.3, -0.25) is 0 Å². The molecule has 4 aromatic carbocycles. The number of allylic oxidation sites excluding steroid dienone is 1. The lowest BCUT2D eigenvalue weighted by Gasteiger charge is -2.35. The van der Waals surface area contributed by atoms with E-state index < -0.39 is 42.1 Å². The van der Waals surface area contributed by atoms with Crippen molar-refractivity contribution in [3.05, 3.63) is 130 Å². The predicted octanol–water partition coefficient (Wildman–Crippen LogP) is 13.0. The van der Waals surface area contributed by atoms with Crippen molar-refractivity contribution in [1.29, 1.82) is 0 Å². The number of benzene rings is 4. The first kappa shape index (κ1) is 45.6. The van der Waals surface area contributed by atoms with Crippen molar-refractivity contribution in [1.82, 2.24) is 0 Å². The molecule has 6 heteroatoms. The molecule has 1 aliphatic carbocycles. The van der Waals surface area contributed by atoms with Crippen molar-refractivity contribution < 1.29 is 18.6 Å². The minimum absolute atomic E-state index is 0.449. The minimum Gasteiger partial charge on any atom is -0.399 e. The van der Waals surface area contributed by atoms with Crippen molar-refractivity contribution in [2.24, 2.45) is 0 Å². The Balaban J connectivity index is 1.34. The molecule has 2 heterocycles. The smallest absolute Gasteiger partial charge is 0.399 e. The van der Waals surface area contributed by atoms with Crippen LogP contribution >= 0.6 is 0 Å². The van der Waals surface area contributed by atoms with Gasteiger partial charge in [0, 0.05) is 0 Å². The van der Waals surface area contributed by atoms with Crippen molar-refractivity contribution in [3.8, 4) is 11.1 Å². The molecule has 4 aromatic rings. The Morgan fingerprint density at radius 2 is 0.869 bits per heavy atom. The fraction of sp³-hybridized carbons (Fsp3) is 0.527. The molecule has 0 amide bonds. The molecule has 0 spiro atoms. The van der Waals surface area contributed by atoms with Crippen molar-refractivity contribution >= 4 is 25.2 Å². The highest BCUT2D eigenvalue weighted by atomic mass is 16.7. The van der Waals surface area contributed by atoms with Crippen LogP contribution in [0.5, 0.6) is 0 Å². The predicted molar refractivity (Wildman–Crippen MR) is 258 cm³/mol. The first-order chi connectivity index (χ1) is 29.0. The van der Waals surface area contributed by atoms with Gasteiger partial charge >= 0.3 is 14.2 Å². The van der Waals surface area contributed by atoms with Crippen LogP contribution in [0.1, 0.15) is 180 Å². The van der Waals surface area contributed by atoms with Gasteiger partial charge in [-0.15, -0.1) is 0 Å². The molecular weight excluding hydrogens is 746 g/mol. The van der Waals surface area contributed by atoms with Gasteiger partial charge in [-0.1, -0.05) is 169 Å². The number of unbranched alkanes of at least 4 members (excludes halogenated alkanes) is 9. The van der Waals surface area contributed by atoms with E-state index in [4.69, 9.17) is 18.6 Å². The van der Waals surface area contributed by atoms with Crippen LogP contribution < -0.4 is 10.9 Å². The van der Waals surface area contributed by atoms with Gasteiger partial charge in [-0.2, -0.15) is 0 Å². The van der Waals surface area contributed by atoms with Gasteiger partial charge in [-0.05, 0) is 143 Å². The third kappa shape index (κ3) is 9.17. The highest BCUT2D eigenvalue weighted by molar-refractivity contribution is 6.62. The Bertz CT molecular complexity index is 2010. The summed E-state index contributed by atoms with van der Waals surface area (Å²) >= 11 is 0. The molecule has 0 unspecified atom stereocenters. The van der Waals surface area contributed by atoms with E-state index >= 15 is 0 Å². The zero-order valence-electron chi connectivity index (χ0n) is 39.5. The van der Waals surface area contributed by atoms with E-state index in [1.165, 1.54) is 121 Å². The number of hydrogen-bond donors (Lipinski definition) is 0. The van der Waals surface area contributed by atoms with E-state index in [-0.39, 0.29) is 0 Å². The van der Waals surface area contributed by atoms with Crippen LogP contribution in [0.2, 0.25) is 0 Å². The Morgan fingerprint density at radius 1 is 0.475 bits per heavy atom. The summed E-state index contributed by atoms with van der Waals surface area (Å²) in [5.41, 5.74) is 11.1. The van der Waals surface area contributed by atoms with E-state index in [0.29, 0.717) is 0 Å². The summed E-state index contributed by atoms with van der Waals surface area (Å²) < 4.78 is 26.8. The van der Waals surface area contributed by atoms with Crippen molar-refractivity contribution in [2.75, 3.05) is 0 Å². The summed E-state index contributed by atoms with van der Waals surface area (Å²) in [6, 6.07) is 32.8. The number of rotatable bonds is 19. The van der Waals surface area contributed by atoms with Crippen LogP contribution in [-0.4, -0.2) is 36.6 Å².